The highest BCUT2D eigenvalue weighted by molar-refractivity contribution is 9.09. The van der Waals surface area contributed by atoms with Crippen molar-refractivity contribution in [2.24, 2.45) is 11.8 Å². The number of esters is 1. The van der Waals surface area contributed by atoms with E-state index in [1.54, 1.807) is 52.8 Å². The Hall–Kier alpha value is -1.55. The summed E-state index contributed by atoms with van der Waals surface area (Å²) in [6.07, 6.45) is 4.26. The lowest BCUT2D eigenvalue weighted by Gasteiger charge is -2.38. The summed E-state index contributed by atoms with van der Waals surface area (Å²) in [5.74, 6) is -1.99. The molecule has 3 unspecified atom stereocenters. The average Bonchev–Trinajstić information content (AvgIpc) is 3.44. The molecule has 3 aliphatic rings. The van der Waals surface area contributed by atoms with Crippen LogP contribution in [-0.2, 0) is 19.1 Å². The number of unbranched alkanes of at least 4 members (excludes halogenated alkanes) is 2. The van der Waals surface area contributed by atoms with Crippen LogP contribution < -0.4 is 4.90 Å². The zero-order valence-electron chi connectivity index (χ0n) is 20.3. The fraction of sp³-hybridized carbons (Fsp3) is 0.577. The minimum atomic E-state index is -0.755. The number of alkyl halides is 1. The molecule has 0 aliphatic carbocycles. The van der Waals surface area contributed by atoms with Crippen LogP contribution in [0.5, 0.6) is 0 Å². The standard InChI is InChI=1S/C26H32BrClN2O5S/c1-3-12-29(18-11-7-6-10-17(18)28)24(33)22-26-15-16(27)21(36-26)19(25(34)35-4-2)20(26)23(32)30(22)13-8-5-9-14-31/h3,6-7,10-11,16,19-22,31H,1,4-5,8-9,12-15H2,2H3/t16?,19-,20+,21-,22?,26?/m1/s1. The molecule has 7 nitrogen and oxygen atoms in total. The number of benzene rings is 1. The first-order valence-electron chi connectivity index (χ1n) is 12.4. The Morgan fingerprint density at radius 3 is 2.78 bits per heavy atom. The molecule has 3 fully saturated rings. The highest BCUT2D eigenvalue weighted by Gasteiger charge is 2.76. The number of ether oxygens (including phenoxy) is 1. The number of carbonyl (C=O) groups excluding carboxylic acids is 3. The summed E-state index contributed by atoms with van der Waals surface area (Å²) >= 11 is 11.8. The molecule has 3 saturated heterocycles. The molecule has 10 heteroatoms. The second kappa shape index (κ2) is 11.5. The van der Waals surface area contributed by atoms with Gasteiger partial charge in [-0.05, 0) is 44.7 Å². The summed E-state index contributed by atoms with van der Waals surface area (Å²) in [5, 5.41) is 9.50. The fourth-order valence-corrected chi connectivity index (χ4v) is 9.81. The number of carbonyl (C=O) groups is 3. The fourth-order valence-electron chi connectivity index (χ4n) is 5.98. The molecule has 196 valence electrons. The lowest BCUT2D eigenvalue weighted by molar-refractivity contribution is -0.153. The van der Waals surface area contributed by atoms with Gasteiger partial charge in [0, 0.05) is 29.8 Å². The molecular formula is C26H32BrClN2O5S. The molecule has 2 amide bonds. The first kappa shape index (κ1) is 27.5. The van der Waals surface area contributed by atoms with Gasteiger partial charge >= 0.3 is 5.97 Å². The lowest BCUT2D eigenvalue weighted by Crippen LogP contribution is -2.55. The Morgan fingerprint density at radius 1 is 1.36 bits per heavy atom. The molecule has 2 bridgehead atoms. The maximum absolute atomic E-state index is 14.4. The van der Waals surface area contributed by atoms with E-state index in [-0.39, 0.29) is 47.6 Å². The van der Waals surface area contributed by atoms with Crippen LogP contribution in [0.25, 0.3) is 0 Å². The second-order valence-electron chi connectivity index (χ2n) is 9.42. The van der Waals surface area contributed by atoms with Crippen molar-refractivity contribution in [3.8, 4) is 0 Å². The monoisotopic (exact) mass is 598 g/mol. The maximum Gasteiger partial charge on any atom is 0.310 e. The van der Waals surface area contributed by atoms with Gasteiger partial charge in [-0.1, -0.05) is 45.7 Å². The van der Waals surface area contributed by atoms with Crippen LogP contribution in [0.1, 0.15) is 32.6 Å². The summed E-state index contributed by atoms with van der Waals surface area (Å²) in [6, 6.07) is 6.39. The van der Waals surface area contributed by atoms with Crippen molar-refractivity contribution in [1.82, 2.24) is 4.90 Å². The van der Waals surface area contributed by atoms with Crippen molar-refractivity contribution in [1.29, 1.82) is 0 Å². The second-order valence-corrected chi connectivity index (χ2v) is 12.5. The highest BCUT2D eigenvalue weighted by atomic mass is 79.9. The van der Waals surface area contributed by atoms with Crippen molar-refractivity contribution in [3.05, 3.63) is 41.9 Å². The number of rotatable bonds is 11. The van der Waals surface area contributed by atoms with Crippen LogP contribution in [0.15, 0.2) is 36.9 Å². The predicted octanol–water partition coefficient (Wildman–Crippen LogP) is 4.05. The summed E-state index contributed by atoms with van der Waals surface area (Å²) < 4.78 is 4.65. The van der Waals surface area contributed by atoms with Gasteiger partial charge in [-0.25, -0.2) is 0 Å². The smallest absolute Gasteiger partial charge is 0.310 e. The molecule has 0 aromatic heterocycles. The molecule has 6 atom stereocenters. The maximum atomic E-state index is 14.4. The average molecular weight is 600 g/mol. The summed E-state index contributed by atoms with van der Waals surface area (Å²) in [7, 11) is 0. The van der Waals surface area contributed by atoms with Gasteiger partial charge in [-0.15, -0.1) is 18.3 Å². The molecule has 0 radical (unpaired) electrons. The summed E-state index contributed by atoms with van der Waals surface area (Å²) in [6.45, 7) is 6.52. The van der Waals surface area contributed by atoms with Crippen molar-refractivity contribution in [3.63, 3.8) is 0 Å². The van der Waals surface area contributed by atoms with Crippen LogP contribution in [0.3, 0.4) is 0 Å². The number of amides is 2. The minimum absolute atomic E-state index is 0.0150. The molecule has 1 spiro atoms. The van der Waals surface area contributed by atoms with Crippen LogP contribution in [0, 0.1) is 11.8 Å². The lowest BCUT2D eigenvalue weighted by atomic mass is 9.71. The Balaban J connectivity index is 1.76. The Bertz CT molecular complexity index is 1030. The predicted molar refractivity (Wildman–Crippen MR) is 145 cm³/mol. The zero-order chi connectivity index (χ0) is 26.0. The molecule has 36 heavy (non-hydrogen) atoms. The highest BCUT2D eigenvalue weighted by Crippen LogP contribution is 2.68. The number of fused-ring (bicyclic) bond motifs is 1. The third kappa shape index (κ3) is 4.61. The summed E-state index contributed by atoms with van der Waals surface area (Å²) in [4.78, 5) is 44.7. The van der Waals surface area contributed by atoms with E-state index in [1.807, 2.05) is 6.07 Å². The van der Waals surface area contributed by atoms with Crippen molar-refractivity contribution in [2.75, 3.05) is 31.2 Å². The van der Waals surface area contributed by atoms with Gasteiger partial charge in [0.2, 0.25) is 5.91 Å². The van der Waals surface area contributed by atoms with Gasteiger partial charge in [0.25, 0.3) is 5.91 Å². The molecule has 1 N–H and O–H groups in total. The van der Waals surface area contributed by atoms with Gasteiger partial charge in [0.1, 0.15) is 6.04 Å². The van der Waals surface area contributed by atoms with Crippen LogP contribution in [0.4, 0.5) is 5.69 Å². The van der Waals surface area contributed by atoms with E-state index in [0.29, 0.717) is 36.5 Å². The Kier molecular flexibility index (Phi) is 8.75. The van der Waals surface area contributed by atoms with Gasteiger partial charge in [-0.3, -0.25) is 14.4 Å². The quantitative estimate of drug-likeness (QED) is 0.179. The largest absolute Gasteiger partial charge is 0.466 e. The Labute approximate surface area is 229 Å². The number of nitrogens with zero attached hydrogens (tertiary/aromatic N) is 2. The number of aliphatic hydroxyl groups is 1. The number of halogens is 2. The number of anilines is 1. The number of aliphatic hydroxyl groups excluding tert-OH is 1. The number of hydrogen-bond acceptors (Lipinski definition) is 6. The molecule has 1 aromatic carbocycles. The van der Waals surface area contributed by atoms with E-state index in [4.69, 9.17) is 16.3 Å². The number of hydrogen-bond donors (Lipinski definition) is 1. The van der Waals surface area contributed by atoms with Gasteiger partial charge < -0.3 is 19.6 Å². The third-order valence-corrected chi connectivity index (χ3v) is 10.9. The number of likely N-dealkylation sites (tertiary alicyclic amines) is 1. The van der Waals surface area contributed by atoms with E-state index in [9.17, 15) is 19.5 Å². The van der Waals surface area contributed by atoms with Crippen molar-refractivity contribution < 1.29 is 24.2 Å². The van der Waals surface area contributed by atoms with Crippen molar-refractivity contribution >= 4 is 62.8 Å². The van der Waals surface area contributed by atoms with Gasteiger partial charge in [-0.2, -0.15) is 0 Å². The first-order valence-corrected chi connectivity index (χ1v) is 14.6. The molecule has 4 rings (SSSR count). The van der Waals surface area contributed by atoms with E-state index in [0.717, 1.165) is 6.42 Å². The van der Waals surface area contributed by atoms with E-state index >= 15 is 0 Å². The van der Waals surface area contributed by atoms with Crippen molar-refractivity contribution in [2.45, 2.75) is 53.5 Å². The van der Waals surface area contributed by atoms with Gasteiger partial charge in [0.05, 0.1) is 33.9 Å². The van der Waals surface area contributed by atoms with Crippen LogP contribution >= 0.6 is 39.3 Å². The Morgan fingerprint density at radius 2 is 2.11 bits per heavy atom. The van der Waals surface area contributed by atoms with E-state index in [2.05, 4.69) is 22.5 Å². The van der Waals surface area contributed by atoms with E-state index < -0.39 is 22.6 Å². The molecule has 1 aromatic rings. The topological polar surface area (TPSA) is 87.2 Å². The molecule has 3 aliphatic heterocycles. The van der Waals surface area contributed by atoms with Crippen LogP contribution in [0.2, 0.25) is 5.02 Å². The minimum Gasteiger partial charge on any atom is -0.466 e. The number of thioether (sulfide) groups is 1. The molecular weight excluding hydrogens is 568 g/mol. The number of para-hydroxylation sites is 1. The van der Waals surface area contributed by atoms with Crippen LogP contribution in [-0.4, -0.2) is 75.0 Å². The SMILES string of the molecule is C=CCN(C(=O)C1N(CCCCCO)C(=O)[C@@H]2[C@@H](C(=O)OCC)[C@@H]3SC12CC3Br)c1ccccc1Cl. The zero-order valence-corrected chi connectivity index (χ0v) is 23.4. The normalized spacial score (nSPS) is 30.4. The van der Waals surface area contributed by atoms with Gasteiger partial charge in [0.15, 0.2) is 0 Å². The summed E-state index contributed by atoms with van der Waals surface area (Å²) in [5.41, 5.74) is 0.562. The molecule has 0 saturated carbocycles. The van der Waals surface area contributed by atoms with E-state index in [1.165, 1.54) is 0 Å². The first-order chi connectivity index (χ1) is 17.3. The third-order valence-electron chi connectivity index (χ3n) is 7.36. The molecule has 3 heterocycles.